The smallest absolute Gasteiger partial charge is 0.395 e. The van der Waals surface area contributed by atoms with Crippen LogP contribution < -0.4 is 24.4 Å². The summed E-state index contributed by atoms with van der Waals surface area (Å²) in [5.41, 5.74) is 1.04. The number of hydrogen-bond donors (Lipinski definition) is 2. The van der Waals surface area contributed by atoms with Gasteiger partial charge in [-0.1, -0.05) is 0 Å². The van der Waals surface area contributed by atoms with Gasteiger partial charge >= 0.3 is 6.29 Å². The first-order valence-electron chi connectivity index (χ1n) is 8.31. The van der Waals surface area contributed by atoms with Crippen molar-refractivity contribution in [2.24, 2.45) is 0 Å². The average Bonchev–Trinajstić information content (AvgIpc) is 2.95. The van der Waals surface area contributed by atoms with Gasteiger partial charge in [-0.05, 0) is 36.4 Å². The molecular formula is C17H17F2N3O4S. The van der Waals surface area contributed by atoms with Crippen molar-refractivity contribution in [2.45, 2.75) is 11.2 Å². The van der Waals surface area contributed by atoms with E-state index in [2.05, 4.69) is 24.4 Å². The van der Waals surface area contributed by atoms with Crippen LogP contribution in [0.2, 0.25) is 0 Å². The van der Waals surface area contributed by atoms with Crippen molar-refractivity contribution >= 4 is 21.4 Å². The Bertz CT molecular complexity index is 945. The summed E-state index contributed by atoms with van der Waals surface area (Å²) in [6, 6.07) is 10.2. The highest BCUT2D eigenvalue weighted by Gasteiger charge is 2.43. The SMILES string of the molecule is O=S(=O)(Nc1ccc2c(c1)OC(F)(F)O2)c1ccc(N2CCNCC2)cc1. The standard InChI is InChI=1S/C17H17F2N3O4S/c18-17(19)25-15-6-1-12(11-16(15)26-17)21-27(23,24)14-4-2-13(3-5-14)22-9-7-20-8-10-22/h1-6,11,20-21H,7-10H2. The predicted octanol–water partition coefficient (Wildman–Crippen LogP) is 2.22. The number of alkyl halides is 2. The Balaban J connectivity index is 1.51. The fraction of sp³-hybridized carbons (Fsp3) is 0.294. The number of benzene rings is 2. The molecule has 1 saturated heterocycles. The summed E-state index contributed by atoms with van der Waals surface area (Å²) in [7, 11) is -3.87. The molecule has 1 fully saturated rings. The quantitative estimate of drug-likeness (QED) is 0.824. The van der Waals surface area contributed by atoms with Gasteiger partial charge in [0.25, 0.3) is 10.0 Å². The van der Waals surface area contributed by atoms with Crippen molar-refractivity contribution in [1.29, 1.82) is 0 Å². The Morgan fingerprint density at radius 2 is 1.67 bits per heavy atom. The summed E-state index contributed by atoms with van der Waals surface area (Å²) in [4.78, 5) is 2.24. The van der Waals surface area contributed by atoms with Crippen LogP contribution in [0.1, 0.15) is 0 Å². The van der Waals surface area contributed by atoms with Crippen LogP contribution >= 0.6 is 0 Å². The third-order valence-electron chi connectivity index (χ3n) is 4.28. The number of nitrogens with zero attached hydrogens (tertiary/aromatic N) is 1. The number of piperazine rings is 1. The molecule has 0 aliphatic carbocycles. The van der Waals surface area contributed by atoms with Gasteiger partial charge in [0.2, 0.25) is 0 Å². The second-order valence-corrected chi connectivity index (χ2v) is 7.85. The number of hydrogen-bond acceptors (Lipinski definition) is 6. The van der Waals surface area contributed by atoms with E-state index in [1.807, 2.05) is 0 Å². The maximum Gasteiger partial charge on any atom is 0.586 e. The van der Waals surface area contributed by atoms with Gasteiger partial charge in [-0.3, -0.25) is 4.72 Å². The molecule has 0 radical (unpaired) electrons. The van der Waals surface area contributed by atoms with E-state index >= 15 is 0 Å². The van der Waals surface area contributed by atoms with Crippen molar-refractivity contribution in [1.82, 2.24) is 5.32 Å². The monoisotopic (exact) mass is 397 g/mol. The van der Waals surface area contributed by atoms with Crippen LogP contribution in [0, 0.1) is 0 Å². The Morgan fingerprint density at radius 3 is 2.37 bits per heavy atom. The van der Waals surface area contributed by atoms with E-state index in [1.165, 1.54) is 24.3 Å². The molecule has 2 aromatic rings. The molecule has 0 aromatic heterocycles. The highest BCUT2D eigenvalue weighted by Crippen LogP contribution is 2.42. The summed E-state index contributed by atoms with van der Waals surface area (Å²) in [5.74, 6) is -0.377. The number of halogens is 2. The van der Waals surface area contributed by atoms with Crippen LogP contribution in [-0.4, -0.2) is 40.9 Å². The van der Waals surface area contributed by atoms with Crippen molar-refractivity contribution in [3.05, 3.63) is 42.5 Å². The molecule has 144 valence electrons. The topological polar surface area (TPSA) is 79.9 Å². The first-order chi connectivity index (χ1) is 12.8. The van der Waals surface area contributed by atoms with Gasteiger partial charge in [-0.15, -0.1) is 8.78 Å². The number of nitrogens with one attached hydrogen (secondary N) is 2. The zero-order valence-corrected chi connectivity index (χ0v) is 14.9. The minimum absolute atomic E-state index is 0.0735. The van der Waals surface area contributed by atoms with Gasteiger partial charge in [-0.25, -0.2) is 8.42 Å². The summed E-state index contributed by atoms with van der Waals surface area (Å²) in [6.07, 6.45) is -3.75. The van der Waals surface area contributed by atoms with Crippen molar-refractivity contribution in [2.75, 3.05) is 35.8 Å². The van der Waals surface area contributed by atoms with Crippen molar-refractivity contribution in [3.8, 4) is 11.5 Å². The summed E-state index contributed by atoms with van der Waals surface area (Å²) < 4.78 is 62.3. The summed E-state index contributed by atoms with van der Waals surface area (Å²) in [5, 5.41) is 3.26. The molecule has 2 heterocycles. The van der Waals surface area contributed by atoms with Crippen LogP contribution in [0.25, 0.3) is 0 Å². The van der Waals surface area contributed by atoms with E-state index in [1.54, 1.807) is 12.1 Å². The molecule has 27 heavy (non-hydrogen) atoms. The first-order valence-corrected chi connectivity index (χ1v) is 9.79. The molecule has 4 rings (SSSR count). The van der Waals surface area contributed by atoms with Crippen LogP contribution in [0.3, 0.4) is 0 Å². The van der Waals surface area contributed by atoms with Crippen LogP contribution in [0.4, 0.5) is 20.2 Å². The third-order valence-corrected chi connectivity index (χ3v) is 5.68. The first kappa shape index (κ1) is 17.8. The van der Waals surface area contributed by atoms with Gasteiger partial charge in [0, 0.05) is 37.9 Å². The van der Waals surface area contributed by atoms with Gasteiger partial charge in [0.1, 0.15) is 0 Å². The van der Waals surface area contributed by atoms with E-state index in [0.717, 1.165) is 37.9 Å². The molecule has 2 aliphatic heterocycles. The molecule has 2 aliphatic rings. The number of rotatable bonds is 4. The molecule has 0 saturated carbocycles. The predicted molar refractivity (Wildman–Crippen MR) is 95.0 cm³/mol. The van der Waals surface area contributed by atoms with E-state index < -0.39 is 16.3 Å². The molecule has 7 nitrogen and oxygen atoms in total. The second kappa shape index (κ2) is 6.54. The maximum absolute atomic E-state index is 13.1. The summed E-state index contributed by atoms with van der Waals surface area (Å²) >= 11 is 0. The van der Waals surface area contributed by atoms with Crippen LogP contribution in [-0.2, 0) is 10.0 Å². The largest absolute Gasteiger partial charge is 0.586 e. The Morgan fingerprint density at radius 1 is 1.00 bits per heavy atom. The van der Waals surface area contributed by atoms with Crippen molar-refractivity contribution < 1.29 is 26.7 Å². The molecular weight excluding hydrogens is 380 g/mol. The molecule has 0 unspecified atom stereocenters. The fourth-order valence-electron chi connectivity index (χ4n) is 2.99. The zero-order valence-electron chi connectivity index (χ0n) is 14.1. The van der Waals surface area contributed by atoms with Crippen LogP contribution in [0.5, 0.6) is 11.5 Å². The van der Waals surface area contributed by atoms with Gasteiger partial charge in [-0.2, -0.15) is 0 Å². The minimum atomic E-state index is -3.87. The second-order valence-electron chi connectivity index (χ2n) is 6.17. The lowest BCUT2D eigenvalue weighted by atomic mass is 10.2. The molecule has 0 spiro atoms. The molecule has 0 atom stereocenters. The maximum atomic E-state index is 13.1. The fourth-order valence-corrected chi connectivity index (χ4v) is 4.04. The Hall–Kier alpha value is -2.59. The van der Waals surface area contributed by atoms with Crippen LogP contribution in [0.15, 0.2) is 47.4 Å². The van der Waals surface area contributed by atoms with Gasteiger partial charge in [0.15, 0.2) is 11.5 Å². The normalized spacial score (nSPS) is 18.4. The lowest BCUT2D eigenvalue weighted by molar-refractivity contribution is -0.286. The van der Waals surface area contributed by atoms with Crippen molar-refractivity contribution in [3.63, 3.8) is 0 Å². The summed E-state index contributed by atoms with van der Waals surface area (Å²) in [6.45, 7) is 3.47. The van der Waals surface area contributed by atoms with E-state index in [9.17, 15) is 17.2 Å². The zero-order chi connectivity index (χ0) is 19.1. The third kappa shape index (κ3) is 3.76. The lowest BCUT2D eigenvalue weighted by Gasteiger charge is -2.29. The molecule has 2 N–H and O–H groups in total. The Labute approximate surface area is 154 Å². The molecule has 2 aromatic carbocycles. The highest BCUT2D eigenvalue weighted by molar-refractivity contribution is 7.92. The molecule has 10 heteroatoms. The molecule has 0 bridgehead atoms. The molecule has 0 amide bonds. The van der Waals surface area contributed by atoms with Gasteiger partial charge < -0.3 is 19.7 Å². The lowest BCUT2D eigenvalue weighted by Crippen LogP contribution is -2.43. The Kier molecular flexibility index (Phi) is 4.31. The number of sulfonamides is 1. The number of fused-ring (bicyclic) bond motifs is 1. The number of anilines is 2. The van der Waals surface area contributed by atoms with Gasteiger partial charge in [0.05, 0.1) is 10.6 Å². The van der Waals surface area contributed by atoms with E-state index in [-0.39, 0.29) is 22.1 Å². The average molecular weight is 397 g/mol. The van der Waals surface area contributed by atoms with E-state index in [0.29, 0.717) is 0 Å². The highest BCUT2D eigenvalue weighted by atomic mass is 32.2. The minimum Gasteiger partial charge on any atom is -0.395 e. The van der Waals surface area contributed by atoms with E-state index in [4.69, 9.17) is 0 Å². The number of ether oxygens (including phenoxy) is 2.